The minimum atomic E-state index is -0.211. The number of carbonyl (C=O) groups excluding carboxylic acids is 1. The number of nitrogens with zero attached hydrogens (tertiary/aromatic N) is 4. The van der Waals surface area contributed by atoms with Crippen molar-refractivity contribution < 1.29 is 14.3 Å². The van der Waals surface area contributed by atoms with Crippen molar-refractivity contribution in [2.75, 3.05) is 13.2 Å². The fourth-order valence-electron chi connectivity index (χ4n) is 3.86. The van der Waals surface area contributed by atoms with Gasteiger partial charge in [0, 0.05) is 11.8 Å². The number of amides is 1. The number of aryl methyl sites for hydroxylation is 1. The van der Waals surface area contributed by atoms with Crippen LogP contribution in [0.5, 0.6) is 0 Å². The lowest BCUT2D eigenvalue weighted by atomic mass is 10.1. The summed E-state index contributed by atoms with van der Waals surface area (Å²) in [5, 5.41) is 11.5. The number of hydrogen-bond acceptors (Lipinski definition) is 6. The maximum atomic E-state index is 12.6. The molecule has 0 saturated carbocycles. The molecule has 29 heavy (non-hydrogen) atoms. The number of pyridine rings is 1. The molecule has 4 unspecified atom stereocenters. The van der Waals surface area contributed by atoms with Crippen molar-refractivity contribution in [3.63, 3.8) is 0 Å². The van der Waals surface area contributed by atoms with E-state index in [1.807, 2.05) is 55.6 Å². The Kier molecular flexibility index (Phi) is 4.57. The van der Waals surface area contributed by atoms with Gasteiger partial charge in [-0.25, -0.2) is 4.68 Å². The SMILES string of the molecule is Cc1ccc(C(=O)NC2COC3C2OCC3n2cc(-c3ccccn3)nn2)cc1. The second kappa shape index (κ2) is 7.38. The van der Waals surface area contributed by atoms with Gasteiger partial charge in [0.15, 0.2) is 0 Å². The van der Waals surface area contributed by atoms with Crippen LogP contribution in [0.1, 0.15) is 22.0 Å². The second-order valence-corrected chi connectivity index (χ2v) is 7.41. The van der Waals surface area contributed by atoms with Gasteiger partial charge in [-0.1, -0.05) is 29.0 Å². The topological polar surface area (TPSA) is 91.2 Å². The van der Waals surface area contributed by atoms with Crippen LogP contribution in [0.2, 0.25) is 0 Å². The van der Waals surface area contributed by atoms with Gasteiger partial charge in [-0.15, -0.1) is 5.10 Å². The molecular weight excluding hydrogens is 370 g/mol. The van der Waals surface area contributed by atoms with E-state index in [1.54, 1.807) is 10.9 Å². The molecule has 4 atom stereocenters. The summed E-state index contributed by atoms with van der Waals surface area (Å²) in [6.07, 6.45) is 3.19. The van der Waals surface area contributed by atoms with E-state index in [4.69, 9.17) is 9.47 Å². The molecule has 5 rings (SSSR count). The highest BCUT2D eigenvalue weighted by molar-refractivity contribution is 5.94. The van der Waals surface area contributed by atoms with Gasteiger partial charge in [0.2, 0.25) is 0 Å². The molecule has 8 heteroatoms. The summed E-state index contributed by atoms with van der Waals surface area (Å²) in [6, 6.07) is 12.9. The van der Waals surface area contributed by atoms with Gasteiger partial charge in [0.05, 0.1) is 31.1 Å². The molecule has 0 spiro atoms. The molecule has 0 aliphatic carbocycles. The summed E-state index contributed by atoms with van der Waals surface area (Å²) in [5.41, 5.74) is 3.22. The van der Waals surface area contributed by atoms with Gasteiger partial charge < -0.3 is 14.8 Å². The van der Waals surface area contributed by atoms with Crippen LogP contribution in [0.4, 0.5) is 0 Å². The summed E-state index contributed by atoms with van der Waals surface area (Å²) in [4.78, 5) is 16.9. The molecule has 1 aromatic carbocycles. The third-order valence-electron chi connectivity index (χ3n) is 5.43. The van der Waals surface area contributed by atoms with E-state index in [0.29, 0.717) is 24.5 Å². The molecule has 0 radical (unpaired) electrons. The molecule has 0 bridgehead atoms. The first-order valence-electron chi connectivity index (χ1n) is 9.63. The lowest BCUT2D eigenvalue weighted by Crippen LogP contribution is -2.44. The summed E-state index contributed by atoms with van der Waals surface area (Å²) >= 11 is 0. The molecule has 2 aliphatic heterocycles. The Hall–Kier alpha value is -3.10. The van der Waals surface area contributed by atoms with Crippen LogP contribution < -0.4 is 5.32 Å². The third-order valence-corrected chi connectivity index (χ3v) is 5.43. The number of carbonyl (C=O) groups is 1. The van der Waals surface area contributed by atoms with Crippen LogP contribution in [0.3, 0.4) is 0 Å². The van der Waals surface area contributed by atoms with Crippen LogP contribution in [0.15, 0.2) is 54.9 Å². The Morgan fingerprint density at radius 2 is 1.90 bits per heavy atom. The number of rotatable bonds is 4. The number of benzene rings is 1. The molecule has 1 amide bonds. The summed E-state index contributed by atoms with van der Waals surface area (Å²) in [7, 11) is 0. The molecule has 2 saturated heterocycles. The van der Waals surface area contributed by atoms with Crippen molar-refractivity contribution in [1.29, 1.82) is 0 Å². The van der Waals surface area contributed by atoms with Gasteiger partial charge in [-0.2, -0.15) is 0 Å². The first kappa shape index (κ1) is 18.0. The van der Waals surface area contributed by atoms with Crippen molar-refractivity contribution >= 4 is 5.91 Å². The van der Waals surface area contributed by atoms with Gasteiger partial charge in [-0.05, 0) is 31.2 Å². The zero-order chi connectivity index (χ0) is 19.8. The van der Waals surface area contributed by atoms with Crippen molar-refractivity contribution in [3.05, 3.63) is 66.0 Å². The average Bonchev–Trinajstić information content (AvgIpc) is 3.46. The highest BCUT2D eigenvalue weighted by Gasteiger charge is 2.49. The zero-order valence-electron chi connectivity index (χ0n) is 15.9. The number of hydrogen-bond donors (Lipinski definition) is 1. The summed E-state index contributed by atoms with van der Waals surface area (Å²) < 4.78 is 13.7. The predicted molar refractivity (Wildman–Crippen MR) is 104 cm³/mol. The largest absolute Gasteiger partial charge is 0.371 e. The molecular formula is C21H21N5O3. The van der Waals surface area contributed by atoms with Crippen LogP contribution in [-0.2, 0) is 9.47 Å². The van der Waals surface area contributed by atoms with Crippen molar-refractivity contribution in [2.45, 2.75) is 31.2 Å². The molecule has 3 aromatic rings. The fourth-order valence-corrected chi connectivity index (χ4v) is 3.86. The van der Waals surface area contributed by atoms with Crippen LogP contribution in [-0.4, -0.2) is 57.3 Å². The zero-order valence-corrected chi connectivity index (χ0v) is 15.9. The molecule has 1 N–H and O–H groups in total. The Morgan fingerprint density at radius 1 is 1.07 bits per heavy atom. The number of ether oxygens (including phenoxy) is 2. The lowest BCUT2D eigenvalue weighted by molar-refractivity contribution is 0.0613. The molecule has 2 fully saturated rings. The van der Waals surface area contributed by atoms with Crippen molar-refractivity contribution in [2.24, 2.45) is 0 Å². The first-order valence-corrected chi connectivity index (χ1v) is 9.63. The van der Waals surface area contributed by atoms with E-state index in [0.717, 1.165) is 11.3 Å². The Balaban J connectivity index is 1.27. The van der Waals surface area contributed by atoms with E-state index in [-0.39, 0.29) is 30.2 Å². The average molecular weight is 391 g/mol. The summed E-state index contributed by atoms with van der Waals surface area (Å²) in [6.45, 7) is 2.86. The Bertz CT molecular complexity index is 1000. The molecule has 148 valence electrons. The van der Waals surface area contributed by atoms with E-state index in [9.17, 15) is 4.79 Å². The molecule has 2 aromatic heterocycles. The maximum absolute atomic E-state index is 12.6. The molecule has 2 aliphatic rings. The number of fused-ring (bicyclic) bond motifs is 1. The number of aromatic nitrogens is 4. The minimum absolute atomic E-state index is 0.0914. The predicted octanol–water partition coefficient (Wildman–Crippen LogP) is 1.79. The third kappa shape index (κ3) is 3.41. The van der Waals surface area contributed by atoms with Gasteiger partial charge in [0.1, 0.15) is 23.9 Å². The van der Waals surface area contributed by atoms with E-state index < -0.39 is 0 Å². The fraction of sp³-hybridized carbons (Fsp3) is 0.333. The Labute approximate surface area is 167 Å². The van der Waals surface area contributed by atoms with Crippen LogP contribution in [0, 0.1) is 6.92 Å². The lowest BCUT2D eigenvalue weighted by Gasteiger charge is -2.18. The normalized spacial score (nSPS) is 25.7. The van der Waals surface area contributed by atoms with Gasteiger partial charge in [-0.3, -0.25) is 9.78 Å². The quantitative estimate of drug-likeness (QED) is 0.729. The van der Waals surface area contributed by atoms with Crippen LogP contribution in [0.25, 0.3) is 11.4 Å². The van der Waals surface area contributed by atoms with Crippen molar-refractivity contribution in [1.82, 2.24) is 25.3 Å². The van der Waals surface area contributed by atoms with E-state index >= 15 is 0 Å². The monoisotopic (exact) mass is 391 g/mol. The maximum Gasteiger partial charge on any atom is 0.251 e. The van der Waals surface area contributed by atoms with Gasteiger partial charge in [0.25, 0.3) is 5.91 Å². The molecule has 8 nitrogen and oxygen atoms in total. The highest BCUT2D eigenvalue weighted by atomic mass is 16.6. The number of nitrogens with one attached hydrogen (secondary N) is 1. The standard InChI is InChI=1S/C21H21N5O3/c1-13-5-7-14(8-6-13)21(27)23-17-11-28-20-18(12-29-19(17)20)26-10-16(24-25-26)15-4-2-3-9-22-15/h2-10,17-20H,11-12H2,1H3,(H,23,27). The van der Waals surface area contributed by atoms with Crippen LogP contribution >= 0.6 is 0 Å². The molecule has 4 heterocycles. The Morgan fingerprint density at radius 3 is 2.69 bits per heavy atom. The van der Waals surface area contributed by atoms with Gasteiger partial charge >= 0.3 is 0 Å². The van der Waals surface area contributed by atoms with E-state index in [1.165, 1.54) is 0 Å². The smallest absolute Gasteiger partial charge is 0.251 e. The summed E-state index contributed by atoms with van der Waals surface area (Å²) in [5.74, 6) is -0.121. The first-order chi connectivity index (χ1) is 14.2. The highest BCUT2D eigenvalue weighted by Crippen LogP contribution is 2.34. The second-order valence-electron chi connectivity index (χ2n) is 7.41. The minimum Gasteiger partial charge on any atom is -0.371 e. The van der Waals surface area contributed by atoms with Crippen molar-refractivity contribution in [3.8, 4) is 11.4 Å². The van der Waals surface area contributed by atoms with E-state index in [2.05, 4.69) is 20.6 Å².